The smallest absolute Gasteiger partial charge is 0.454 e. The summed E-state index contributed by atoms with van der Waals surface area (Å²) < 4.78 is 41.5. The quantitative estimate of drug-likeness (QED) is 0.529. The van der Waals surface area contributed by atoms with Crippen molar-refractivity contribution in [2.24, 2.45) is 5.92 Å². The highest BCUT2D eigenvalue weighted by atomic mass is 35.5. The number of rotatable bonds is 7. The Morgan fingerprint density at radius 3 is 2.38 bits per heavy atom. The molecule has 1 saturated heterocycles. The van der Waals surface area contributed by atoms with Gasteiger partial charge in [-0.05, 0) is 30.5 Å². The lowest BCUT2D eigenvalue weighted by Gasteiger charge is -2.29. The summed E-state index contributed by atoms with van der Waals surface area (Å²) in [5.41, 5.74) is 0.846. The maximum Gasteiger partial charge on any atom is 0.454 e. The Bertz CT molecular complexity index is 758. The Morgan fingerprint density at radius 1 is 1.17 bits per heavy atom. The highest BCUT2D eigenvalue weighted by Gasteiger charge is 2.36. The molecule has 1 aliphatic rings. The van der Waals surface area contributed by atoms with Crippen LogP contribution in [0.1, 0.15) is 18.4 Å². The standard InChI is InChI=1S/C19H20ClF3N2O4/c20-15-3-1-13(2-4-15)11-24-17(27)12-29-18(28)14-5-8-25(9-6-14)10-7-16(26)19(21,22)23/h1-4,7,10,14H,5-6,8-9,11-12H2,(H,24,27)/b10-7+. The number of amides is 1. The van der Waals surface area contributed by atoms with E-state index < -0.39 is 36.4 Å². The van der Waals surface area contributed by atoms with Gasteiger partial charge in [-0.2, -0.15) is 13.2 Å². The SMILES string of the molecule is O=C(COC(=O)C1CCN(/C=C/C(=O)C(F)(F)F)CC1)NCc1ccc(Cl)cc1. The van der Waals surface area contributed by atoms with Gasteiger partial charge in [-0.1, -0.05) is 23.7 Å². The largest absolute Gasteiger partial charge is 0.455 e. The molecule has 1 aliphatic heterocycles. The highest BCUT2D eigenvalue weighted by molar-refractivity contribution is 6.30. The summed E-state index contributed by atoms with van der Waals surface area (Å²) in [6.45, 7) is 0.482. The van der Waals surface area contributed by atoms with Gasteiger partial charge in [0.25, 0.3) is 11.7 Å². The zero-order chi connectivity index (χ0) is 21.4. The molecule has 158 valence electrons. The predicted molar refractivity (Wildman–Crippen MR) is 98.8 cm³/mol. The van der Waals surface area contributed by atoms with E-state index in [0.717, 1.165) is 11.8 Å². The van der Waals surface area contributed by atoms with Crippen LogP contribution in [0.25, 0.3) is 0 Å². The van der Waals surface area contributed by atoms with E-state index in [2.05, 4.69) is 5.32 Å². The van der Waals surface area contributed by atoms with E-state index in [1.54, 1.807) is 24.3 Å². The first-order chi connectivity index (χ1) is 13.6. The van der Waals surface area contributed by atoms with Gasteiger partial charge in [0.1, 0.15) is 0 Å². The van der Waals surface area contributed by atoms with E-state index in [9.17, 15) is 27.6 Å². The number of ketones is 1. The fraction of sp³-hybridized carbons (Fsp3) is 0.421. The number of piperidine rings is 1. The van der Waals surface area contributed by atoms with Crippen LogP contribution in [-0.2, 0) is 25.7 Å². The van der Waals surface area contributed by atoms with E-state index in [1.165, 1.54) is 4.90 Å². The summed E-state index contributed by atoms with van der Waals surface area (Å²) >= 11 is 5.78. The van der Waals surface area contributed by atoms with E-state index in [0.29, 0.717) is 37.0 Å². The third-order valence-electron chi connectivity index (χ3n) is 4.33. The number of nitrogens with zero attached hydrogens (tertiary/aromatic N) is 1. The summed E-state index contributed by atoms with van der Waals surface area (Å²) in [7, 11) is 0. The minimum Gasteiger partial charge on any atom is -0.455 e. The van der Waals surface area contributed by atoms with E-state index in [4.69, 9.17) is 16.3 Å². The zero-order valence-electron chi connectivity index (χ0n) is 15.4. The van der Waals surface area contributed by atoms with Crippen LogP contribution in [0.5, 0.6) is 0 Å². The van der Waals surface area contributed by atoms with Crippen molar-refractivity contribution in [2.75, 3.05) is 19.7 Å². The summed E-state index contributed by atoms with van der Waals surface area (Å²) in [6, 6.07) is 6.92. The number of alkyl halides is 3. The number of ether oxygens (including phenoxy) is 1. The van der Waals surface area contributed by atoms with Crippen molar-refractivity contribution in [3.63, 3.8) is 0 Å². The molecule has 0 spiro atoms. The van der Waals surface area contributed by atoms with E-state index in [1.807, 2.05) is 0 Å². The molecular weight excluding hydrogens is 413 g/mol. The van der Waals surface area contributed by atoms with Gasteiger partial charge in [0.05, 0.1) is 5.92 Å². The summed E-state index contributed by atoms with van der Waals surface area (Å²) in [5, 5.41) is 3.21. The molecule has 1 heterocycles. The monoisotopic (exact) mass is 432 g/mol. The van der Waals surface area contributed by atoms with Crippen molar-refractivity contribution in [2.45, 2.75) is 25.6 Å². The maximum atomic E-state index is 12.2. The first kappa shape index (κ1) is 22.7. The molecule has 0 radical (unpaired) electrons. The molecule has 0 bridgehead atoms. The lowest BCUT2D eigenvalue weighted by Crippen LogP contribution is -2.36. The Hall–Kier alpha value is -2.55. The normalized spacial score (nSPS) is 15.4. The van der Waals surface area contributed by atoms with Crippen LogP contribution in [0.3, 0.4) is 0 Å². The Kier molecular flexibility index (Phi) is 8.07. The average molecular weight is 433 g/mol. The Labute approximate surface area is 170 Å². The van der Waals surface area contributed by atoms with Crippen molar-refractivity contribution in [3.8, 4) is 0 Å². The van der Waals surface area contributed by atoms with Crippen LogP contribution in [0, 0.1) is 5.92 Å². The fourth-order valence-corrected chi connectivity index (χ4v) is 2.79. The molecule has 2 rings (SSSR count). The number of halogens is 4. The van der Waals surface area contributed by atoms with Crippen molar-refractivity contribution in [1.29, 1.82) is 0 Å². The lowest BCUT2D eigenvalue weighted by molar-refractivity contribution is -0.165. The molecular formula is C19H20ClF3N2O4. The number of nitrogens with one attached hydrogen (secondary N) is 1. The number of carbonyl (C=O) groups is 3. The van der Waals surface area contributed by atoms with Gasteiger partial charge in [0.15, 0.2) is 6.61 Å². The van der Waals surface area contributed by atoms with Gasteiger partial charge in [-0.25, -0.2) is 0 Å². The highest BCUT2D eigenvalue weighted by Crippen LogP contribution is 2.20. The Morgan fingerprint density at radius 2 is 1.79 bits per heavy atom. The van der Waals surface area contributed by atoms with Crippen LogP contribution >= 0.6 is 11.6 Å². The van der Waals surface area contributed by atoms with Gasteiger partial charge >= 0.3 is 12.1 Å². The second-order valence-electron chi connectivity index (χ2n) is 6.50. The summed E-state index contributed by atoms with van der Waals surface area (Å²) in [6.07, 6.45) is -2.62. The van der Waals surface area contributed by atoms with Crippen LogP contribution in [0.15, 0.2) is 36.5 Å². The van der Waals surface area contributed by atoms with Crippen LogP contribution in [-0.4, -0.2) is 48.4 Å². The van der Waals surface area contributed by atoms with E-state index >= 15 is 0 Å². The number of esters is 1. The van der Waals surface area contributed by atoms with Gasteiger partial charge < -0.3 is 15.0 Å². The number of allylic oxidation sites excluding steroid dienone is 1. The zero-order valence-corrected chi connectivity index (χ0v) is 16.1. The van der Waals surface area contributed by atoms with Crippen LogP contribution < -0.4 is 5.32 Å². The molecule has 0 aromatic heterocycles. The molecule has 0 unspecified atom stereocenters. The van der Waals surface area contributed by atoms with Crippen LogP contribution in [0.2, 0.25) is 5.02 Å². The van der Waals surface area contributed by atoms with E-state index in [-0.39, 0.29) is 6.54 Å². The van der Waals surface area contributed by atoms with Crippen molar-refractivity contribution in [3.05, 3.63) is 47.1 Å². The number of carbonyl (C=O) groups excluding carboxylic acids is 3. The molecule has 6 nitrogen and oxygen atoms in total. The first-order valence-corrected chi connectivity index (χ1v) is 9.24. The first-order valence-electron chi connectivity index (χ1n) is 8.86. The fourth-order valence-electron chi connectivity index (χ4n) is 2.66. The number of hydrogen-bond acceptors (Lipinski definition) is 5. The average Bonchev–Trinajstić information content (AvgIpc) is 2.69. The molecule has 0 aliphatic carbocycles. The Balaban J connectivity index is 1.67. The second-order valence-corrected chi connectivity index (χ2v) is 6.94. The molecule has 1 amide bonds. The molecule has 29 heavy (non-hydrogen) atoms. The van der Waals surface area contributed by atoms with Gasteiger partial charge in [-0.15, -0.1) is 0 Å². The molecule has 1 fully saturated rings. The van der Waals surface area contributed by atoms with Crippen molar-refractivity contribution >= 4 is 29.3 Å². The third-order valence-corrected chi connectivity index (χ3v) is 4.58. The minimum absolute atomic E-state index is 0.273. The maximum absolute atomic E-state index is 12.2. The van der Waals surface area contributed by atoms with Crippen molar-refractivity contribution in [1.82, 2.24) is 10.2 Å². The van der Waals surface area contributed by atoms with Gasteiger partial charge in [-0.3, -0.25) is 14.4 Å². The van der Waals surface area contributed by atoms with Crippen molar-refractivity contribution < 1.29 is 32.3 Å². The molecule has 1 aromatic rings. The summed E-state index contributed by atoms with van der Waals surface area (Å²) in [4.78, 5) is 36.2. The third kappa shape index (κ3) is 7.77. The minimum atomic E-state index is -4.90. The topological polar surface area (TPSA) is 75.7 Å². The number of likely N-dealkylation sites (tertiary alicyclic amines) is 1. The second kappa shape index (κ2) is 10.3. The number of benzene rings is 1. The molecule has 1 N–H and O–H groups in total. The molecule has 1 aromatic carbocycles. The van der Waals surface area contributed by atoms with Crippen LogP contribution in [0.4, 0.5) is 13.2 Å². The number of hydrogen-bond donors (Lipinski definition) is 1. The molecule has 0 saturated carbocycles. The van der Waals surface area contributed by atoms with Gasteiger partial charge in [0.2, 0.25) is 0 Å². The molecule has 0 atom stereocenters. The lowest BCUT2D eigenvalue weighted by atomic mass is 9.97. The van der Waals surface area contributed by atoms with Gasteiger partial charge in [0, 0.05) is 36.9 Å². The molecule has 10 heteroatoms. The summed E-state index contributed by atoms with van der Waals surface area (Å²) in [5.74, 6) is -3.34. The predicted octanol–water partition coefficient (Wildman–Crippen LogP) is 2.86.